The van der Waals surface area contributed by atoms with Crippen LogP contribution in [-0.2, 0) is 0 Å². The van der Waals surface area contributed by atoms with Gasteiger partial charge in [-0.3, -0.25) is 9.97 Å². The maximum absolute atomic E-state index is 6.30. The van der Waals surface area contributed by atoms with E-state index in [2.05, 4.69) is 358 Å². The summed E-state index contributed by atoms with van der Waals surface area (Å²) in [5.74, 6) is 0. The van der Waals surface area contributed by atoms with E-state index in [1.807, 2.05) is 53.3 Å². The first-order valence-corrected chi connectivity index (χ1v) is 41.0. The molecule has 0 aliphatic carbocycles. The van der Waals surface area contributed by atoms with E-state index in [1.165, 1.54) is 94.9 Å². The van der Waals surface area contributed by atoms with Crippen molar-refractivity contribution in [3.05, 3.63) is 389 Å². The van der Waals surface area contributed by atoms with Gasteiger partial charge in [-0.25, -0.2) is 19.9 Å². The summed E-state index contributed by atoms with van der Waals surface area (Å²) in [5.41, 5.74) is 22.1. The molecule has 9 heteroatoms. The monoisotopic (exact) mass is 1520 g/mol. The van der Waals surface area contributed by atoms with Gasteiger partial charge in [0.15, 0.2) is 0 Å². The molecule has 0 fully saturated rings. The average molecular weight is 1530 g/mol. The van der Waals surface area contributed by atoms with E-state index in [1.54, 1.807) is 0 Å². The molecule has 7 nitrogen and oxygen atoms in total. The Bertz CT molecular complexity index is 8290. The number of hydrogen-bond donors (Lipinski definition) is 0. The van der Waals surface area contributed by atoms with E-state index in [0.717, 1.165) is 144 Å². The predicted molar refractivity (Wildman–Crippen MR) is 495 cm³/mol. The minimum Gasteiger partial charge on any atom is -0.455 e. The fraction of sp³-hybridized carbons (Fsp3) is 0. The summed E-state index contributed by atoms with van der Waals surface area (Å²) in [6, 6.07) is 133. The molecule has 0 aliphatic heterocycles. The molecule has 0 amide bonds. The standard InChI is InChI=1S/C40H24N2S.C34H20N2O.C34H20N2S/c1-2-12-25(13-3-1)36-37(42-39-33-20-7-5-17-30(33)29-16-4-6-19-32(29)38(39)41-36)27-15-10-14-26(24-27)28-21-11-22-34-31-18-8-9-23-35(31)43-40(28)34;1-3-14-27-24(11-1)25-12-2-4-15-28(25)33-32(27)35-20-30(36-33)22-10-7-9-21(19-22)23-16-8-17-29-26-13-5-6-18-31(26)37-34(23)29;1-3-13-27-24(10-1)25-11-2-4-14-28(25)34-33(27)35-20-30(36-34)23-9-7-8-21(18-23)22-16-17-32-29(19-22)26-12-5-6-15-31(26)37-32/h1-24H;2*1-20H. The Morgan fingerprint density at radius 3 is 1.10 bits per heavy atom. The van der Waals surface area contributed by atoms with Crippen LogP contribution in [0.4, 0.5) is 0 Å². The number of hydrogen-bond acceptors (Lipinski definition) is 9. The largest absolute Gasteiger partial charge is 0.455 e. The van der Waals surface area contributed by atoms with Gasteiger partial charge in [-0.1, -0.05) is 328 Å². The molecule has 0 radical (unpaired) electrons. The van der Waals surface area contributed by atoms with Gasteiger partial charge >= 0.3 is 0 Å². The van der Waals surface area contributed by atoms with Crippen molar-refractivity contribution >= 4 is 183 Å². The van der Waals surface area contributed by atoms with E-state index in [0.29, 0.717) is 0 Å². The number of furan rings is 1. The molecule has 0 aliphatic rings. The van der Waals surface area contributed by atoms with Gasteiger partial charge in [0, 0.05) is 111 Å². The fourth-order valence-electron chi connectivity index (χ4n) is 17.6. The van der Waals surface area contributed by atoms with Gasteiger partial charge in [0.2, 0.25) is 0 Å². The molecule has 0 N–H and O–H groups in total. The van der Waals surface area contributed by atoms with Crippen LogP contribution in [0.5, 0.6) is 0 Å². The highest BCUT2D eigenvalue weighted by Crippen LogP contribution is 2.46. The van der Waals surface area contributed by atoms with Crippen molar-refractivity contribution in [1.82, 2.24) is 29.9 Å². The van der Waals surface area contributed by atoms with Crippen molar-refractivity contribution < 1.29 is 4.42 Å². The predicted octanol–water partition coefficient (Wildman–Crippen LogP) is 30.1. The zero-order valence-electron chi connectivity index (χ0n) is 62.9. The van der Waals surface area contributed by atoms with Crippen molar-refractivity contribution in [2.75, 3.05) is 0 Å². The third kappa shape index (κ3) is 11.5. The zero-order chi connectivity index (χ0) is 77.0. The Morgan fingerprint density at radius 1 is 0.197 bits per heavy atom. The molecule has 544 valence electrons. The van der Waals surface area contributed by atoms with Gasteiger partial charge < -0.3 is 4.42 Å². The first kappa shape index (κ1) is 67.7. The zero-order valence-corrected chi connectivity index (χ0v) is 64.5. The molecule has 19 aromatic carbocycles. The fourth-order valence-corrected chi connectivity index (χ4v) is 19.9. The number of rotatable bonds is 7. The molecule has 6 heterocycles. The lowest BCUT2D eigenvalue weighted by molar-refractivity contribution is 0.670. The Hall–Kier alpha value is -15.0. The van der Waals surface area contributed by atoms with E-state index in [9.17, 15) is 0 Å². The Morgan fingerprint density at radius 2 is 0.547 bits per heavy atom. The van der Waals surface area contributed by atoms with Crippen LogP contribution in [-0.4, -0.2) is 29.9 Å². The van der Waals surface area contributed by atoms with E-state index in [4.69, 9.17) is 34.3 Å². The van der Waals surface area contributed by atoms with Crippen LogP contribution in [0.1, 0.15) is 0 Å². The van der Waals surface area contributed by atoms with Crippen molar-refractivity contribution in [3.8, 4) is 78.4 Å². The molecule has 0 saturated heterocycles. The van der Waals surface area contributed by atoms with Crippen LogP contribution < -0.4 is 0 Å². The van der Waals surface area contributed by atoms with Crippen LogP contribution >= 0.6 is 22.7 Å². The Kier molecular flexibility index (Phi) is 16.2. The van der Waals surface area contributed by atoms with Gasteiger partial charge in [-0.05, 0) is 109 Å². The average Bonchev–Trinajstić information content (AvgIpc) is 1.73. The molecular weight excluding hydrogens is 1460 g/mol. The SMILES string of the molecule is c1cc(-c2ccc3sc4ccccc4c3c2)cc(-c2cnc3c4ccccc4c4ccccc4c3n2)c1.c1cc(-c2cnc3c4ccccc4c4ccccc4c3n2)cc(-c2cccc3c2oc2ccccc23)c1.c1ccc(-c2nc3c4ccccc4c4ccccc4c3nc2-c2cccc(-c3cccc4c3sc3ccccc34)c2)cc1. The first-order chi connectivity index (χ1) is 58.0. The topological polar surface area (TPSA) is 90.5 Å². The van der Waals surface area contributed by atoms with Gasteiger partial charge in [-0.15, -0.1) is 22.7 Å². The molecule has 0 atom stereocenters. The molecule has 25 aromatic rings. The molecular formula is C108H64N6OS2. The summed E-state index contributed by atoms with van der Waals surface area (Å²) in [6.07, 6.45) is 3.81. The molecule has 0 spiro atoms. The lowest BCUT2D eigenvalue weighted by Crippen LogP contribution is -1.97. The second-order valence-corrected chi connectivity index (χ2v) is 31.9. The number of para-hydroxylation sites is 2. The minimum absolute atomic E-state index is 0.853. The molecule has 0 unspecified atom stereocenters. The second-order valence-electron chi connectivity index (χ2n) is 29.8. The first-order valence-electron chi connectivity index (χ1n) is 39.4. The molecule has 0 bridgehead atoms. The maximum atomic E-state index is 6.30. The maximum Gasteiger partial charge on any atom is 0.143 e. The van der Waals surface area contributed by atoms with E-state index < -0.39 is 0 Å². The number of fused-ring (bicyclic) bond motifs is 27. The van der Waals surface area contributed by atoms with Gasteiger partial charge in [-0.2, -0.15) is 0 Å². The molecule has 25 rings (SSSR count). The molecule has 6 aromatic heterocycles. The second kappa shape index (κ2) is 28.0. The lowest BCUT2D eigenvalue weighted by Gasteiger charge is -2.15. The highest BCUT2D eigenvalue weighted by molar-refractivity contribution is 7.26. The summed E-state index contributed by atoms with van der Waals surface area (Å²) in [5, 5.41) is 21.5. The Labute approximate surface area is 679 Å². The normalized spacial score (nSPS) is 11.8. The van der Waals surface area contributed by atoms with Gasteiger partial charge in [0.05, 0.1) is 68.3 Å². The van der Waals surface area contributed by atoms with Crippen LogP contribution in [0, 0.1) is 0 Å². The van der Waals surface area contributed by atoms with Crippen molar-refractivity contribution in [2.24, 2.45) is 0 Å². The van der Waals surface area contributed by atoms with Crippen molar-refractivity contribution in [3.63, 3.8) is 0 Å². The summed E-state index contributed by atoms with van der Waals surface area (Å²) in [4.78, 5) is 31.1. The van der Waals surface area contributed by atoms with Crippen LogP contribution in [0.2, 0.25) is 0 Å². The van der Waals surface area contributed by atoms with Crippen LogP contribution in [0.25, 0.3) is 238 Å². The summed E-state index contributed by atoms with van der Waals surface area (Å²) in [7, 11) is 0. The lowest BCUT2D eigenvalue weighted by atomic mass is 9.96. The van der Waals surface area contributed by atoms with E-state index in [-0.39, 0.29) is 0 Å². The number of benzene rings is 19. The molecule has 0 saturated carbocycles. The highest BCUT2D eigenvalue weighted by Gasteiger charge is 2.22. The minimum atomic E-state index is 0.853. The quantitative estimate of drug-likeness (QED) is 0.147. The van der Waals surface area contributed by atoms with Crippen molar-refractivity contribution in [1.29, 1.82) is 0 Å². The van der Waals surface area contributed by atoms with Crippen LogP contribution in [0.15, 0.2) is 393 Å². The number of thiophene rings is 2. The summed E-state index contributed by atoms with van der Waals surface area (Å²) < 4.78 is 11.6. The van der Waals surface area contributed by atoms with E-state index >= 15 is 0 Å². The van der Waals surface area contributed by atoms with Gasteiger partial charge in [0.1, 0.15) is 11.2 Å². The molecule has 117 heavy (non-hydrogen) atoms. The third-order valence-corrected chi connectivity index (χ3v) is 25.4. The third-order valence-electron chi connectivity index (χ3n) is 23.0. The van der Waals surface area contributed by atoms with Crippen LogP contribution in [0.3, 0.4) is 0 Å². The van der Waals surface area contributed by atoms with Gasteiger partial charge in [0.25, 0.3) is 0 Å². The van der Waals surface area contributed by atoms with Crippen molar-refractivity contribution in [2.45, 2.75) is 0 Å². The highest BCUT2D eigenvalue weighted by atomic mass is 32.1. The Balaban J connectivity index is 0.000000104. The summed E-state index contributed by atoms with van der Waals surface area (Å²) >= 11 is 3.71. The number of nitrogens with zero attached hydrogens (tertiary/aromatic N) is 6. The smallest absolute Gasteiger partial charge is 0.143 e. The number of aromatic nitrogens is 6. The summed E-state index contributed by atoms with van der Waals surface area (Å²) in [6.45, 7) is 0.